The van der Waals surface area contributed by atoms with Crippen molar-refractivity contribution < 1.29 is 33.5 Å². The molecule has 0 spiro atoms. The fourth-order valence-electron chi connectivity index (χ4n) is 2.64. The SMILES string of the molecule is CCOc1cc(/C=N/NC(=O)c2cc3cc([N+](=O)[O-])ccc3o2)c(Br)cc1OCC(=O)O. The summed E-state index contributed by atoms with van der Waals surface area (Å²) in [6.45, 7) is 1.55. The number of ether oxygens (including phenoxy) is 2. The molecule has 0 saturated heterocycles. The first-order valence-electron chi connectivity index (χ1n) is 9.10. The molecule has 1 aromatic heterocycles. The summed E-state index contributed by atoms with van der Waals surface area (Å²) >= 11 is 3.33. The van der Waals surface area contributed by atoms with Crippen molar-refractivity contribution in [3.05, 3.63) is 62.3 Å². The summed E-state index contributed by atoms with van der Waals surface area (Å²) in [6.07, 6.45) is 1.35. The van der Waals surface area contributed by atoms with Crippen LogP contribution in [0.5, 0.6) is 11.5 Å². The van der Waals surface area contributed by atoms with Crippen LogP contribution in [0.4, 0.5) is 5.69 Å². The van der Waals surface area contributed by atoms with Gasteiger partial charge in [0.05, 0.1) is 17.7 Å². The Bertz CT molecular complexity index is 1220. The van der Waals surface area contributed by atoms with Crippen molar-refractivity contribution in [2.75, 3.05) is 13.2 Å². The molecule has 2 aromatic carbocycles. The third-order valence-electron chi connectivity index (χ3n) is 4.02. The van der Waals surface area contributed by atoms with Gasteiger partial charge in [0, 0.05) is 27.6 Å². The molecule has 12 heteroatoms. The number of carboxylic acid groups (broad SMARTS) is 1. The number of hydrogen-bond donors (Lipinski definition) is 2. The predicted octanol–water partition coefficient (Wildman–Crippen LogP) is 3.73. The van der Waals surface area contributed by atoms with E-state index in [0.29, 0.717) is 33.4 Å². The highest BCUT2D eigenvalue weighted by molar-refractivity contribution is 9.10. The fourth-order valence-corrected chi connectivity index (χ4v) is 3.07. The van der Waals surface area contributed by atoms with Crippen LogP contribution < -0.4 is 14.9 Å². The summed E-state index contributed by atoms with van der Waals surface area (Å²) in [4.78, 5) is 33.4. The number of non-ortho nitro benzene ring substituents is 1. The second kappa shape index (κ2) is 9.92. The number of benzene rings is 2. The van der Waals surface area contributed by atoms with Gasteiger partial charge in [0.2, 0.25) is 0 Å². The van der Waals surface area contributed by atoms with Gasteiger partial charge in [0.1, 0.15) is 5.58 Å². The van der Waals surface area contributed by atoms with Gasteiger partial charge in [-0.2, -0.15) is 5.10 Å². The van der Waals surface area contributed by atoms with Gasteiger partial charge in [-0.15, -0.1) is 0 Å². The van der Waals surface area contributed by atoms with Gasteiger partial charge in [-0.25, -0.2) is 10.2 Å². The number of halogens is 1. The summed E-state index contributed by atoms with van der Waals surface area (Å²) in [5, 5.41) is 24.0. The highest BCUT2D eigenvalue weighted by atomic mass is 79.9. The summed E-state index contributed by atoms with van der Waals surface area (Å²) < 4.78 is 16.6. The molecule has 0 aliphatic rings. The lowest BCUT2D eigenvalue weighted by molar-refractivity contribution is -0.384. The number of nitrogens with one attached hydrogen (secondary N) is 1. The first kappa shape index (κ1) is 22.7. The Hall–Kier alpha value is -3.93. The molecule has 32 heavy (non-hydrogen) atoms. The molecule has 1 amide bonds. The Morgan fingerprint density at radius 2 is 2.00 bits per heavy atom. The normalized spacial score (nSPS) is 10.9. The summed E-state index contributed by atoms with van der Waals surface area (Å²) in [5.41, 5.74) is 3.04. The molecule has 0 bridgehead atoms. The molecule has 166 valence electrons. The lowest BCUT2D eigenvalue weighted by Gasteiger charge is -2.12. The number of amides is 1. The van der Waals surface area contributed by atoms with Gasteiger partial charge < -0.3 is 19.0 Å². The van der Waals surface area contributed by atoms with Gasteiger partial charge in [0.15, 0.2) is 23.9 Å². The van der Waals surface area contributed by atoms with Crippen molar-refractivity contribution >= 4 is 50.7 Å². The van der Waals surface area contributed by atoms with E-state index in [1.54, 1.807) is 13.0 Å². The molecule has 11 nitrogen and oxygen atoms in total. The molecular weight excluding hydrogens is 490 g/mol. The zero-order chi connectivity index (χ0) is 23.3. The number of nitro groups is 1. The van der Waals surface area contributed by atoms with E-state index < -0.39 is 23.4 Å². The van der Waals surface area contributed by atoms with E-state index in [0.717, 1.165) is 0 Å². The van der Waals surface area contributed by atoms with Crippen LogP contribution in [-0.4, -0.2) is 41.3 Å². The standard InChI is InChI=1S/C20H16BrN3O8/c1-2-30-16-7-12(14(21)8-17(16)31-10-19(25)26)9-22-23-20(27)18-6-11-5-13(24(28)29)3-4-15(11)32-18/h3-9H,2,10H2,1H3,(H,23,27)(H,25,26)/b22-9+. The van der Waals surface area contributed by atoms with E-state index in [9.17, 15) is 19.7 Å². The van der Waals surface area contributed by atoms with Crippen LogP contribution in [0.15, 0.2) is 50.4 Å². The smallest absolute Gasteiger partial charge is 0.341 e. The van der Waals surface area contributed by atoms with E-state index in [1.807, 2.05) is 0 Å². The average molecular weight is 506 g/mol. The first-order valence-corrected chi connectivity index (χ1v) is 9.90. The highest BCUT2D eigenvalue weighted by Gasteiger charge is 2.15. The number of carboxylic acids is 1. The molecule has 0 atom stereocenters. The number of hydrazone groups is 1. The Balaban J connectivity index is 1.75. The minimum absolute atomic E-state index is 0.0656. The summed E-state index contributed by atoms with van der Waals surface area (Å²) in [5.74, 6) is -1.30. The second-order valence-electron chi connectivity index (χ2n) is 6.22. The number of rotatable bonds is 9. The summed E-state index contributed by atoms with van der Waals surface area (Å²) in [6, 6.07) is 8.48. The lowest BCUT2D eigenvalue weighted by Crippen LogP contribution is -2.16. The number of nitro benzene ring substituents is 1. The lowest BCUT2D eigenvalue weighted by atomic mass is 10.2. The molecule has 0 saturated carbocycles. The minimum Gasteiger partial charge on any atom is -0.490 e. The van der Waals surface area contributed by atoms with Crippen LogP contribution in [0.25, 0.3) is 11.0 Å². The Morgan fingerprint density at radius 1 is 1.25 bits per heavy atom. The molecule has 0 fully saturated rings. The average Bonchev–Trinajstić information content (AvgIpc) is 3.18. The Kier molecular flexibility index (Phi) is 7.05. The van der Waals surface area contributed by atoms with Crippen molar-refractivity contribution in [3.8, 4) is 11.5 Å². The molecule has 1 heterocycles. The van der Waals surface area contributed by atoms with E-state index in [2.05, 4.69) is 26.5 Å². The van der Waals surface area contributed by atoms with Gasteiger partial charge in [-0.3, -0.25) is 14.9 Å². The van der Waals surface area contributed by atoms with Crippen LogP contribution in [0.2, 0.25) is 0 Å². The minimum atomic E-state index is -1.13. The molecule has 2 N–H and O–H groups in total. The van der Waals surface area contributed by atoms with Gasteiger partial charge in [0.25, 0.3) is 5.69 Å². The molecule has 0 radical (unpaired) electrons. The monoisotopic (exact) mass is 505 g/mol. The molecule has 3 aromatic rings. The number of carbonyl (C=O) groups is 2. The van der Waals surface area contributed by atoms with Crippen LogP contribution in [0.1, 0.15) is 23.0 Å². The molecule has 0 aliphatic heterocycles. The topological polar surface area (TPSA) is 154 Å². The van der Waals surface area contributed by atoms with Crippen molar-refractivity contribution in [3.63, 3.8) is 0 Å². The number of fused-ring (bicyclic) bond motifs is 1. The molecule has 3 rings (SSSR count). The quantitative estimate of drug-likeness (QED) is 0.253. The first-order chi connectivity index (χ1) is 15.3. The van der Waals surface area contributed by atoms with Gasteiger partial charge in [-0.05, 0) is 47.1 Å². The molecule has 0 unspecified atom stereocenters. The molecular formula is C20H16BrN3O8. The maximum absolute atomic E-state index is 12.3. The summed E-state index contributed by atoms with van der Waals surface area (Å²) in [7, 11) is 0. The largest absolute Gasteiger partial charge is 0.490 e. The third-order valence-corrected chi connectivity index (χ3v) is 4.71. The van der Waals surface area contributed by atoms with E-state index in [4.69, 9.17) is 19.0 Å². The zero-order valence-corrected chi connectivity index (χ0v) is 18.1. The van der Waals surface area contributed by atoms with Gasteiger partial charge >= 0.3 is 11.9 Å². The maximum atomic E-state index is 12.3. The number of carbonyl (C=O) groups excluding carboxylic acids is 1. The van der Waals surface area contributed by atoms with Crippen molar-refractivity contribution in [2.45, 2.75) is 6.92 Å². The van der Waals surface area contributed by atoms with E-state index >= 15 is 0 Å². The second-order valence-corrected chi connectivity index (χ2v) is 7.08. The fraction of sp³-hybridized carbons (Fsp3) is 0.150. The van der Waals surface area contributed by atoms with E-state index in [-0.39, 0.29) is 17.2 Å². The Labute approximate surface area is 188 Å². The van der Waals surface area contributed by atoms with E-state index in [1.165, 1.54) is 36.5 Å². The highest BCUT2D eigenvalue weighted by Crippen LogP contribution is 2.33. The van der Waals surface area contributed by atoms with Gasteiger partial charge in [-0.1, -0.05) is 0 Å². The maximum Gasteiger partial charge on any atom is 0.341 e. The van der Waals surface area contributed by atoms with Crippen LogP contribution in [-0.2, 0) is 4.79 Å². The van der Waals surface area contributed by atoms with Crippen molar-refractivity contribution in [1.82, 2.24) is 5.43 Å². The van der Waals surface area contributed by atoms with Crippen LogP contribution >= 0.6 is 15.9 Å². The van der Waals surface area contributed by atoms with Crippen LogP contribution in [0.3, 0.4) is 0 Å². The zero-order valence-electron chi connectivity index (χ0n) is 16.5. The third kappa shape index (κ3) is 5.40. The number of hydrogen-bond acceptors (Lipinski definition) is 8. The predicted molar refractivity (Wildman–Crippen MR) is 116 cm³/mol. The van der Waals surface area contributed by atoms with Crippen molar-refractivity contribution in [1.29, 1.82) is 0 Å². The number of aliphatic carboxylic acids is 1. The van der Waals surface area contributed by atoms with Crippen LogP contribution in [0, 0.1) is 10.1 Å². The molecule has 0 aliphatic carbocycles. The number of nitrogens with zero attached hydrogens (tertiary/aromatic N) is 2. The van der Waals surface area contributed by atoms with Crippen molar-refractivity contribution in [2.24, 2.45) is 5.10 Å². The Morgan fingerprint density at radius 3 is 2.69 bits per heavy atom. The number of furan rings is 1.